The Kier molecular flexibility index (Phi) is 6.85. The molecule has 2 bridgehead atoms. The average Bonchev–Trinajstić information content (AvgIpc) is 3.57. The molecule has 5 rings (SSSR count). The standard InChI is InChI=1S/C24H32ClN9O2/c1-32(2)13-19(35)33-7-5-17(6-8-33)34-12-16(10-28-34)29-24-27-11-18(25)23(31-24)30-21-15-4-3-14(9-15)20(21)22(26)36/h3-4,10-12,14-15,17,20-21H,5-9,13H2,1-2H3,(H2,26,36)(H2,27,29,30,31)/t14-,15-,20-,21+/m0/s1. The number of fused-ring (bicyclic) bond motifs is 2. The van der Waals surface area contributed by atoms with Gasteiger partial charge in [-0.05, 0) is 45.2 Å². The van der Waals surface area contributed by atoms with E-state index in [0.717, 1.165) is 38.0 Å². The number of anilines is 3. The summed E-state index contributed by atoms with van der Waals surface area (Å²) in [6.07, 6.45) is 12.0. The van der Waals surface area contributed by atoms with Crippen LogP contribution >= 0.6 is 11.6 Å². The third-order valence-corrected chi connectivity index (χ3v) is 7.61. The summed E-state index contributed by atoms with van der Waals surface area (Å²) in [7, 11) is 3.81. The van der Waals surface area contributed by atoms with Gasteiger partial charge < -0.3 is 26.2 Å². The number of nitrogens with two attached hydrogens (primary N) is 1. The summed E-state index contributed by atoms with van der Waals surface area (Å²) < 4.78 is 1.93. The minimum Gasteiger partial charge on any atom is -0.369 e. The van der Waals surface area contributed by atoms with Crippen LogP contribution in [0.1, 0.15) is 25.3 Å². The first-order valence-corrected chi connectivity index (χ1v) is 12.7. The Balaban J connectivity index is 1.21. The van der Waals surface area contributed by atoms with E-state index in [4.69, 9.17) is 17.3 Å². The number of primary amides is 1. The predicted octanol–water partition coefficient (Wildman–Crippen LogP) is 1.88. The first kappa shape index (κ1) is 24.5. The van der Waals surface area contributed by atoms with Crippen molar-refractivity contribution in [2.24, 2.45) is 23.5 Å². The van der Waals surface area contributed by atoms with Gasteiger partial charge in [-0.25, -0.2) is 4.98 Å². The Bertz CT molecular complexity index is 1160. The number of allylic oxidation sites excluding steroid dienone is 1. The van der Waals surface area contributed by atoms with Gasteiger partial charge in [-0.1, -0.05) is 23.8 Å². The number of hydrogen-bond acceptors (Lipinski definition) is 8. The fourth-order valence-electron chi connectivity index (χ4n) is 5.58. The predicted molar refractivity (Wildman–Crippen MR) is 137 cm³/mol. The van der Waals surface area contributed by atoms with Crippen LogP contribution in [0.15, 0.2) is 30.7 Å². The lowest BCUT2D eigenvalue weighted by molar-refractivity contribution is -0.133. The molecule has 0 unspecified atom stereocenters. The number of rotatable bonds is 8. The van der Waals surface area contributed by atoms with Crippen LogP contribution in [-0.4, -0.2) is 81.1 Å². The molecule has 36 heavy (non-hydrogen) atoms. The zero-order valence-electron chi connectivity index (χ0n) is 20.5. The zero-order valence-corrected chi connectivity index (χ0v) is 21.2. The highest BCUT2D eigenvalue weighted by molar-refractivity contribution is 6.32. The first-order valence-electron chi connectivity index (χ1n) is 12.3. The molecule has 12 heteroatoms. The second-order valence-corrected chi connectivity index (χ2v) is 10.5. The van der Waals surface area contributed by atoms with Crippen LogP contribution in [0.25, 0.3) is 0 Å². The van der Waals surface area contributed by atoms with Crippen LogP contribution in [-0.2, 0) is 9.59 Å². The quantitative estimate of drug-likeness (QED) is 0.455. The molecule has 2 aromatic heterocycles. The van der Waals surface area contributed by atoms with Crippen molar-refractivity contribution in [1.29, 1.82) is 0 Å². The van der Waals surface area contributed by atoms with Crippen LogP contribution in [0.5, 0.6) is 0 Å². The van der Waals surface area contributed by atoms with Crippen LogP contribution < -0.4 is 16.4 Å². The van der Waals surface area contributed by atoms with E-state index >= 15 is 0 Å². The molecule has 3 heterocycles. The summed E-state index contributed by atoms with van der Waals surface area (Å²) in [5, 5.41) is 11.4. The summed E-state index contributed by atoms with van der Waals surface area (Å²) in [5.41, 5.74) is 6.44. The molecular weight excluding hydrogens is 482 g/mol. The highest BCUT2D eigenvalue weighted by Crippen LogP contribution is 2.45. The van der Waals surface area contributed by atoms with E-state index in [1.54, 1.807) is 6.20 Å². The van der Waals surface area contributed by atoms with Gasteiger partial charge >= 0.3 is 0 Å². The monoisotopic (exact) mass is 513 g/mol. The largest absolute Gasteiger partial charge is 0.369 e. The molecule has 11 nitrogen and oxygen atoms in total. The number of carbonyl (C=O) groups is 2. The minimum atomic E-state index is -0.312. The molecule has 2 fully saturated rings. The van der Waals surface area contributed by atoms with E-state index < -0.39 is 0 Å². The summed E-state index contributed by atoms with van der Waals surface area (Å²) in [5.74, 6) is 0.783. The van der Waals surface area contributed by atoms with Gasteiger partial charge in [-0.2, -0.15) is 10.1 Å². The van der Waals surface area contributed by atoms with E-state index in [1.165, 1.54) is 6.20 Å². The van der Waals surface area contributed by atoms with Crippen molar-refractivity contribution >= 4 is 40.9 Å². The van der Waals surface area contributed by atoms with Crippen molar-refractivity contribution in [2.45, 2.75) is 31.3 Å². The maximum absolute atomic E-state index is 12.3. The minimum absolute atomic E-state index is 0.143. The number of carbonyl (C=O) groups excluding carboxylic acids is 2. The topological polar surface area (TPSA) is 134 Å². The van der Waals surface area contributed by atoms with Crippen molar-refractivity contribution in [3.63, 3.8) is 0 Å². The SMILES string of the molecule is CN(C)CC(=O)N1CCC(n2cc(Nc3ncc(Cl)c(N[C@H]4[C@@H](C(N)=O)[C@H]5C=C[C@H]4C5)n3)cn2)CC1. The van der Waals surface area contributed by atoms with Crippen molar-refractivity contribution < 1.29 is 9.59 Å². The maximum atomic E-state index is 12.3. The number of piperidine rings is 1. The maximum Gasteiger partial charge on any atom is 0.236 e. The molecule has 4 N–H and O–H groups in total. The van der Waals surface area contributed by atoms with Gasteiger partial charge in [-0.3, -0.25) is 14.3 Å². The van der Waals surface area contributed by atoms with Crippen molar-refractivity contribution in [1.82, 2.24) is 29.5 Å². The van der Waals surface area contributed by atoms with E-state index in [0.29, 0.717) is 23.3 Å². The lowest BCUT2D eigenvalue weighted by Crippen LogP contribution is -2.43. The van der Waals surface area contributed by atoms with Crippen molar-refractivity contribution in [2.75, 3.05) is 44.4 Å². The third-order valence-electron chi connectivity index (χ3n) is 7.34. The van der Waals surface area contributed by atoms with Crippen molar-refractivity contribution in [3.8, 4) is 0 Å². The number of hydrogen-bond donors (Lipinski definition) is 3. The third kappa shape index (κ3) is 5.03. The summed E-state index contributed by atoms with van der Waals surface area (Å²) in [6.45, 7) is 1.87. The molecule has 3 aliphatic rings. The number of nitrogens with zero attached hydrogens (tertiary/aromatic N) is 6. The lowest BCUT2D eigenvalue weighted by Gasteiger charge is -2.32. The van der Waals surface area contributed by atoms with Crippen LogP contribution in [0, 0.1) is 17.8 Å². The average molecular weight is 514 g/mol. The Morgan fingerprint density at radius 2 is 1.94 bits per heavy atom. The lowest BCUT2D eigenvalue weighted by atomic mass is 9.88. The molecule has 2 aromatic rings. The number of nitrogens with one attached hydrogen (secondary N) is 2. The molecule has 192 valence electrons. The van der Waals surface area contributed by atoms with Crippen LogP contribution in [0.3, 0.4) is 0 Å². The van der Waals surface area contributed by atoms with E-state index in [1.807, 2.05) is 34.8 Å². The molecule has 0 radical (unpaired) electrons. The molecule has 2 amide bonds. The number of aromatic nitrogens is 4. The summed E-state index contributed by atoms with van der Waals surface area (Å²) in [6, 6.07) is 0.0832. The number of amides is 2. The molecular formula is C24H32ClN9O2. The van der Waals surface area contributed by atoms with E-state index in [2.05, 4.69) is 37.9 Å². The first-order chi connectivity index (χ1) is 17.3. The number of likely N-dealkylation sites (tertiary alicyclic amines) is 1. The Labute approximate surface area is 215 Å². The van der Waals surface area contributed by atoms with E-state index in [9.17, 15) is 9.59 Å². The normalized spacial score (nSPS) is 25.5. The molecule has 1 aliphatic heterocycles. The van der Waals surface area contributed by atoms with Gasteiger partial charge in [0.15, 0.2) is 5.82 Å². The Morgan fingerprint density at radius 1 is 1.19 bits per heavy atom. The van der Waals surface area contributed by atoms with E-state index in [-0.39, 0.29) is 41.7 Å². The molecule has 2 aliphatic carbocycles. The van der Waals surface area contributed by atoms with Gasteiger partial charge in [0, 0.05) is 25.3 Å². The van der Waals surface area contributed by atoms with Crippen LogP contribution in [0.2, 0.25) is 5.02 Å². The van der Waals surface area contributed by atoms with Gasteiger partial charge in [0.2, 0.25) is 17.8 Å². The second-order valence-electron chi connectivity index (χ2n) is 10.1. The Morgan fingerprint density at radius 3 is 2.67 bits per heavy atom. The number of halogens is 1. The van der Waals surface area contributed by atoms with Gasteiger partial charge in [0.1, 0.15) is 5.02 Å². The molecule has 1 saturated heterocycles. The highest BCUT2D eigenvalue weighted by Gasteiger charge is 2.47. The van der Waals surface area contributed by atoms with Crippen LogP contribution in [0.4, 0.5) is 17.5 Å². The zero-order chi connectivity index (χ0) is 25.4. The Hall–Kier alpha value is -3.18. The van der Waals surface area contributed by atoms with Gasteiger partial charge in [0.05, 0.1) is 36.6 Å². The summed E-state index contributed by atoms with van der Waals surface area (Å²) in [4.78, 5) is 37.0. The molecule has 0 spiro atoms. The molecule has 0 aromatic carbocycles. The second kappa shape index (κ2) is 10.1. The fourth-order valence-corrected chi connectivity index (χ4v) is 5.72. The number of likely N-dealkylation sites (N-methyl/N-ethyl adjacent to an activating group) is 1. The smallest absolute Gasteiger partial charge is 0.236 e. The van der Waals surface area contributed by atoms with Crippen molar-refractivity contribution in [3.05, 3.63) is 35.8 Å². The summed E-state index contributed by atoms with van der Waals surface area (Å²) >= 11 is 6.38. The van der Waals surface area contributed by atoms with Gasteiger partial charge in [0.25, 0.3) is 0 Å². The molecule has 1 saturated carbocycles. The molecule has 4 atom stereocenters. The van der Waals surface area contributed by atoms with Gasteiger partial charge in [-0.15, -0.1) is 0 Å². The fraction of sp³-hybridized carbons (Fsp3) is 0.542. The highest BCUT2D eigenvalue weighted by atomic mass is 35.5.